The molecule has 33 heavy (non-hydrogen) atoms. The summed E-state index contributed by atoms with van der Waals surface area (Å²) in [6, 6.07) is 9.26. The molecule has 4 aromatic rings. The topological polar surface area (TPSA) is 87.2 Å². The van der Waals surface area contributed by atoms with Crippen molar-refractivity contribution >= 4 is 38.0 Å². The number of carboxylic acid groups (broad SMARTS) is 1. The summed E-state index contributed by atoms with van der Waals surface area (Å²) in [5.41, 5.74) is 1.18. The minimum atomic E-state index is -4.30. The number of aromatic amines is 1. The zero-order chi connectivity index (χ0) is 28.9. The summed E-state index contributed by atoms with van der Waals surface area (Å²) in [5, 5.41) is 9.72. The van der Waals surface area contributed by atoms with Crippen LogP contribution in [0.25, 0.3) is 10.9 Å². The van der Waals surface area contributed by atoms with Gasteiger partial charge in [0.1, 0.15) is 4.21 Å². The average Bonchev–Trinajstić information content (AvgIpc) is 3.50. The molecule has 0 fully saturated rings. The summed E-state index contributed by atoms with van der Waals surface area (Å²) >= 11 is 0.842. The number of fused-ring (bicyclic) bond motifs is 1. The van der Waals surface area contributed by atoms with Gasteiger partial charge in [-0.1, -0.05) is 41.1 Å². The van der Waals surface area contributed by atoms with Gasteiger partial charge in [-0.3, -0.25) is 4.79 Å². The third kappa shape index (κ3) is 5.36. The number of carboxylic acids is 1. The molecule has 2 aromatic carbocycles. The van der Waals surface area contributed by atoms with E-state index in [1.807, 2.05) is 31.2 Å². The molecule has 2 heterocycles. The van der Waals surface area contributed by atoms with Crippen LogP contribution in [0.3, 0.4) is 0 Å². The van der Waals surface area contributed by atoms with Crippen molar-refractivity contribution in [3.8, 4) is 11.8 Å². The molecule has 0 amide bonds. The Hall–Kier alpha value is -3.34. The molecular formula is C26H23NO4S2. The third-order valence-corrected chi connectivity index (χ3v) is 8.10. The van der Waals surface area contributed by atoms with Crippen LogP contribution in [0.4, 0.5) is 0 Å². The van der Waals surface area contributed by atoms with Crippen LogP contribution >= 0.6 is 11.3 Å². The van der Waals surface area contributed by atoms with E-state index < -0.39 is 45.6 Å². The van der Waals surface area contributed by atoms with Crippen LogP contribution in [0, 0.1) is 31.6 Å². The first-order valence-electron chi connectivity index (χ1n) is 12.9. The first-order valence-corrected chi connectivity index (χ1v) is 12.3. The number of hydrogen-bond acceptors (Lipinski definition) is 4. The second-order valence-electron chi connectivity index (χ2n) is 7.43. The quantitative estimate of drug-likeness (QED) is 0.379. The molecule has 1 atom stereocenters. The van der Waals surface area contributed by atoms with Crippen molar-refractivity contribution in [2.75, 3.05) is 5.75 Å². The van der Waals surface area contributed by atoms with Crippen LogP contribution in [0.2, 0.25) is 0 Å². The van der Waals surface area contributed by atoms with Crippen molar-refractivity contribution in [2.45, 2.75) is 24.4 Å². The molecule has 0 aliphatic carbocycles. The molecule has 0 spiro atoms. The minimum Gasteiger partial charge on any atom is -0.481 e. The van der Waals surface area contributed by atoms with Crippen LogP contribution in [0.5, 0.6) is 0 Å². The number of sulfone groups is 1. The highest BCUT2D eigenvalue weighted by molar-refractivity contribution is 7.93. The lowest BCUT2D eigenvalue weighted by molar-refractivity contribution is -0.140. The molecule has 0 aliphatic heterocycles. The number of thiophene rings is 1. The van der Waals surface area contributed by atoms with Crippen molar-refractivity contribution in [2.24, 2.45) is 5.92 Å². The summed E-state index contributed by atoms with van der Waals surface area (Å²) in [7, 11) is -4.30. The van der Waals surface area contributed by atoms with Crippen LogP contribution in [-0.4, -0.2) is 30.2 Å². The van der Waals surface area contributed by atoms with Gasteiger partial charge >= 0.3 is 5.97 Å². The second kappa shape index (κ2) is 9.26. The summed E-state index contributed by atoms with van der Waals surface area (Å²) < 4.78 is 76.5. The maximum Gasteiger partial charge on any atom is 0.307 e. The monoisotopic (exact) mass is 483 g/mol. The molecule has 0 saturated carbocycles. The van der Waals surface area contributed by atoms with Crippen LogP contribution in [-0.2, 0) is 21.0 Å². The molecule has 0 bridgehead atoms. The zero-order valence-corrected chi connectivity index (χ0v) is 19.4. The lowest BCUT2D eigenvalue weighted by Gasteiger charge is -2.12. The fourth-order valence-electron chi connectivity index (χ4n) is 3.05. The van der Waals surface area contributed by atoms with Crippen LogP contribution < -0.4 is 0 Å². The van der Waals surface area contributed by atoms with Gasteiger partial charge in [0, 0.05) is 25.4 Å². The van der Waals surface area contributed by atoms with Gasteiger partial charge in [0.05, 0.1) is 22.0 Å². The Kier molecular flexibility index (Phi) is 4.57. The Morgan fingerprint density at radius 1 is 1.15 bits per heavy atom. The molecule has 2 aromatic heterocycles. The average molecular weight is 484 g/mol. The molecule has 0 aliphatic rings. The largest absolute Gasteiger partial charge is 0.481 e. The second-order valence-corrected chi connectivity index (χ2v) is 10.8. The molecule has 7 heteroatoms. The van der Waals surface area contributed by atoms with Gasteiger partial charge in [-0.15, -0.1) is 11.3 Å². The zero-order valence-electron chi connectivity index (χ0n) is 23.7. The van der Waals surface area contributed by atoms with Crippen molar-refractivity contribution in [3.05, 3.63) is 87.8 Å². The minimum absolute atomic E-state index is 0.0564. The van der Waals surface area contributed by atoms with Gasteiger partial charge in [0.2, 0.25) is 0 Å². The summed E-state index contributed by atoms with van der Waals surface area (Å²) in [4.78, 5) is 15.2. The molecule has 0 unspecified atom stereocenters. The molecule has 0 radical (unpaired) electrons. The fraction of sp³-hybridized carbons (Fsp3) is 0.192. The van der Waals surface area contributed by atoms with E-state index in [-0.39, 0.29) is 38.8 Å². The number of nitrogens with one attached hydrogen (secondary N) is 1. The highest BCUT2D eigenvalue weighted by Gasteiger charge is 2.28. The Labute approximate surface area is 205 Å². The number of carbonyl (C=O) groups is 1. The number of aliphatic carboxylic acids is 1. The predicted molar refractivity (Wildman–Crippen MR) is 131 cm³/mol. The van der Waals surface area contributed by atoms with Gasteiger partial charge in [-0.05, 0) is 62.1 Å². The number of rotatable bonds is 6. The Balaban J connectivity index is 1.72. The third-order valence-electron chi connectivity index (χ3n) is 4.77. The highest BCUT2D eigenvalue weighted by atomic mass is 32.2. The lowest BCUT2D eigenvalue weighted by atomic mass is 10.00. The molecule has 4 rings (SSSR count). The van der Waals surface area contributed by atoms with Crippen molar-refractivity contribution in [3.63, 3.8) is 0 Å². The van der Waals surface area contributed by atoms with Crippen LogP contribution in [0.1, 0.15) is 35.4 Å². The van der Waals surface area contributed by atoms with E-state index in [0.717, 1.165) is 22.5 Å². The summed E-state index contributed by atoms with van der Waals surface area (Å²) in [6.45, 7) is 3.34. The Morgan fingerprint density at radius 2 is 1.91 bits per heavy atom. The number of aromatic nitrogens is 1. The molecule has 5 nitrogen and oxygen atoms in total. The van der Waals surface area contributed by atoms with E-state index in [4.69, 9.17) is 8.22 Å². The van der Waals surface area contributed by atoms with Gasteiger partial charge in [-0.2, -0.15) is 0 Å². The summed E-state index contributed by atoms with van der Waals surface area (Å²) in [6.07, 6.45) is -3.51. The van der Waals surface area contributed by atoms with E-state index in [0.29, 0.717) is 4.88 Å². The summed E-state index contributed by atoms with van der Waals surface area (Å²) in [5.74, 6) is 0.835. The number of benzene rings is 2. The maximum atomic E-state index is 13.2. The van der Waals surface area contributed by atoms with E-state index in [1.165, 1.54) is 19.1 Å². The van der Waals surface area contributed by atoms with Gasteiger partial charge in [0.25, 0.3) is 0 Å². The van der Waals surface area contributed by atoms with Crippen LogP contribution in [0.15, 0.2) is 64.9 Å². The molecule has 2 N–H and O–H groups in total. The predicted octanol–water partition coefficient (Wildman–Crippen LogP) is 4.96. The standard InChI is InChI=1S/C26H23NO4S2/c1-17-3-6-19(7-4-17)8-9-22-10-12-25(32-22)33(30,31)16-21(26(28)29)14-20-15-27-24-11-5-18(2)13-23(20)24/h3-7,10-13,15,21,27H,14,16H2,1-2H3,(H,28,29)/t21-/m1/s1/i5D,11D,13D,14D2,15D. The molecule has 0 saturated heterocycles. The smallest absolute Gasteiger partial charge is 0.307 e. The highest BCUT2D eigenvalue weighted by Crippen LogP contribution is 2.27. The number of hydrogen-bond donors (Lipinski definition) is 2. The first kappa shape index (κ1) is 16.3. The number of aryl methyl sites for hydroxylation is 1. The van der Waals surface area contributed by atoms with Crippen molar-refractivity contribution in [1.29, 1.82) is 0 Å². The lowest BCUT2D eigenvalue weighted by Crippen LogP contribution is -2.25. The number of H-pyrrole nitrogens is 1. The molecule has 168 valence electrons. The van der Waals surface area contributed by atoms with E-state index in [1.54, 1.807) is 0 Å². The first-order chi connectivity index (χ1) is 18.1. The van der Waals surface area contributed by atoms with Crippen molar-refractivity contribution in [1.82, 2.24) is 4.98 Å². The maximum absolute atomic E-state index is 13.2. The fourth-order valence-corrected chi connectivity index (χ4v) is 5.73. The van der Waals surface area contributed by atoms with E-state index in [9.17, 15) is 18.3 Å². The van der Waals surface area contributed by atoms with E-state index in [2.05, 4.69) is 16.8 Å². The van der Waals surface area contributed by atoms with E-state index >= 15 is 0 Å². The molecular weight excluding hydrogens is 454 g/mol. The van der Waals surface area contributed by atoms with Gasteiger partial charge in [-0.25, -0.2) is 8.42 Å². The SMILES string of the molecule is [2H]c1[nH]c2c([2H])c([2H])c(C)c([2H])c2c1C([2H])([2H])[C@H](CS(=O)(=O)c1ccc(C#Cc2ccc(C)cc2)s1)C(=O)O. The normalized spacial score (nSPS) is 15.3. The van der Waals surface area contributed by atoms with Crippen molar-refractivity contribution < 1.29 is 26.5 Å². The Morgan fingerprint density at radius 3 is 2.64 bits per heavy atom. The van der Waals surface area contributed by atoms with Gasteiger partial charge in [0.15, 0.2) is 9.84 Å². The van der Waals surface area contributed by atoms with Gasteiger partial charge < -0.3 is 10.1 Å². The Bertz CT molecular complexity index is 1780.